The van der Waals surface area contributed by atoms with Crippen LogP contribution < -0.4 is 24.6 Å². The number of hydrogen-bond acceptors (Lipinski definition) is 9. The van der Waals surface area contributed by atoms with Gasteiger partial charge in [-0.15, -0.1) is 0 Å². The Morgan fingerprint density at radius 1 is 0.897 bits per heavy atom. The molecule has 2 aromatic carbocycles. The lowest BCUT2D eigenvalue weighted by atomic mass is 9.98. The number of aliphatic hydroxyl groups is 1. The van der Waals surface area contributed by atoms with Crippen molar-refractivity contribution in [3.63, 3.8) is 0 Å². The number of benzene rings is 2. The lowest BCUT2D eigenvalue weighted by Crippen LogP contribution is -2.07. The topological polar surface area (TPSA) is 128 Å². The van der Waals surface area contributed by atoms with Crippen molar-refractivity contribution in [2.45, 2.75) is 6.61 Å². The van der Waals surface area contributed by atoms with E-state index in [2.05, 4.69) is 0 Å². The number of methoxy groups -OCH3 is 4. The molecule has 1 heterocycles. The molecule has 0 unspecified atom stereocenters. The van der Waals surface area contributed by atoms with Crippen LogP contribution in [0.4, 0.5) is 0 Å². The Labute approximate surface area is 165 Å². The standard InChI is InChI=1S/C20H20O9/c1-25-12-6-10(9(8-21)5-11(12)22)15-17(23)16-13(29-20(15)24)7-14(26-2)18(27-3)19(16)28-4/h5-7,21-23H,8H2,1-4H3. The van der Waals surface area contributed by atoms with Crippen LogP contribution in [0.1, 0.15) is 5.56 Å². The number of ether oxygens (including phenoxy) is 4. The first-order valence-corrected chi connectivity index (χ1v) is 8.41. The molecule has 0 aliphatic carbocycles. The lowest BCUT2D eigenvalue weighted by Gasteiger charge is -2.17. The van der Waals surface area contributed by atoms with Gasteiger partial charge in [-0.2, -0.15) is 0 Å². The van der Waals surface area contributed by atoms with E-state index in [0.717, 1.165) is 0 Å². The van der Waals surface area contributed by atoms with Gasteiger partial charge in [0.25, 0.3) is 0 Å². The van der Waals surface area contributed by atoms with E-state index in [1.807, 2.05) is 0 Å². The molecule has 0 atom stereocenters. The van der Waals surface area contributed by atoms with Crippen molar-refractivity contribution in [1.29, 1.82) is 0 Å². The minimum absolute atomic E-state index is 0.0158. The van der Waals surface area contributed by atoms with Gasteiger partial charge in [0.05, 0.1) is 35.0 Å². The number of hydrogen-bond donors (Lipinski definition) is 3. The first kappa shape index (κ1) is 20.2. The van der Waals surface area contributed by atoms with Crippen molar-refractivity contribution >= 4 is 11.0 Å². The molecular weight excluding hydrogens is 384 g/mol. The largest absolute Gasteiger partial charge is 0.506 e. The normalized spacial score (nSPS) is 10.8. The monoisotopic (exact) mass is 404 g/mol. The van der Waals surface area contributed by atoms with E-state index < -0.39 is 18.0 Å². The molecule has 0 aliphatic rings. The summed E-state index contributed by atoms with van der Waals surface area (Å²) in [6.07, 6.45) is 0. The Morgan fingerprint density at radius 2 is 1.55 bits per heavy atom. The highest BCUT2D eigenvalue weighted by Crippen LogP contribution is 2.49. The van der Waals surface area contributed by atoms with Crippen molar-refractivity contribution in [2.24, 2.45) is 0 Å². The molecule has 0 fully saturated rings. The quantitative estimate of drug-likeness (QED) is 0.531. The van der Waals surface area contributed by atoms with Crippen molar-refractivity contribution in [1.82, 2.24) is 0 Å². The summed E-state index contributed by atoms with van der Waals surface area (Å²) in [6, 6.07) is 3.96. The fourth-order valence-corrected chi connectivity index (χ4v) is 3.19. The lowest BCUT2D eigenvalue weighted by molar-refractivity contribution is 0.281. The Kier molecular flexibility index (Phi) is 5.42. The molecule has 1 aromatic heterocycles. The molecule has 9 nitrogen and oxygen atoms in total. The van der Waals surface area contributed by atoms with Gasteiger partial charge >= 0.3 is 5.63 Å². The van der Waals surface area contributed by atoms with Gasteiger partial charge in [-0.25, -0.2) is 4.79 Å². The first-order valence-electron chi connectivity index (χ1n) is 8.41. The third-order valence-corrected chi connectivity index (χ3v) is 4.52. The van der Waals surface area contributed by atoms with Crippen molar-refractivity contribution in [2.75, 3.05) is 28.4 Å². The molecule has 3 aromatic rings. The second kappa shape index (κ2) is 7.80. The van der Waals surface area contributed by atoms with E-state index in [0.29, 0.717) is 0 Å². The Balaban J connectivity index is 2.47. The van der Waals surface area contributed by atoms with Gasteiger partial charge in [0.2, 0.25) is 5.75 Å². The third-order valence-electron chi connectivity index (χ3n) is 4.52. The zero-order valence-electron chi connectivity index (χ0n) is 16.2. The van der Waals surface area contributed by atoms with Gasteiger partial charge in [0.15, 0.2) is 23.0 Å². The molecule has 0 saturated heterocycles. The Bertz CT molecular complexity index is 1130. The fourth-order valence-electron chi connectivity index (χ4n) is 3.19. The van der Waals surface area contributed by atoms with Crippen molar-refractivity contribution in [3.8, 4) is 45.6 Å². The van der Waals surface area contributed by atoms with E-state index in [1.165, 1.54) is 46.6 Å². The molecule has 0 aliphatic heterocycles. The predicted molar refractivity (Wildman–Crippen MR) is 103 cm³/mol. The second-order valence-corrected chi connectivity index (χ2v) is 5.97. The van der Waals surface area contributed by atoms with E-state index in [4.69, 9.17) is 23.4 Å². The SMILES string of the molecule is COc1cc(-c2c(O)c3c(OC)c(OC)c(OC)cc3oc2=O)c(CO)cc1O. The Morgan fingerprint density at radius 3 is 2.10 bits per heavy atom. The van der Waals surface area contributed by atoms with Gasteiger partial charge in [-0.3, -0.25) is 0 Å². The smallest absolute Gasteiger partial charge is 0.348 e. The summed E-state index contributed by atoms with van der Waals surface area (Å²) in [5, 5.41) is 30.7. The molecular formula is C20H20O9. The summed E-state index contributed by atoms with van der Waals surface area (Å²) in [6.45, 7) is -0.507. The van der Waals surface area contributed by atoms with E-state index in [1.54, 1.807) is 0 Å². The van der Waals surface area contributed by atoms with E-state index in [-0.39, 0.29) is 56.4 Å². The zero-order valence-corrected chi connectivity index (χ0v) is 16.2. The van der Waals surface area contributed by atoms with Crippen molar-refractivity contribution < 1.29 is 38.7 Å². The number of rotatable bonds is 6. The van der Waals surface area contributed by atoms with E-state index in [9.17, 15) is 20.1 Å². The predicted octanol–water partition coefficient (Wildman–Crippen LogP) is 2.40. The van der Waals surface area contributed by atoms with Crippen LogP contribution >= 0.6 is 0 Å². The maximum Gasteiger partial charge on any atom is 0.348 e. The van der Waals surface area contributed by atoms with Crippen LogP contribution in [0.5, 0.6) is 34.5 Å². The highest BCUT2D eigenvalue weighted by atomic mass is 16.5. The van der Waals surface area contributed by atoms with Crippen LogP contribution in [-0.4, -0.2) is 43.8 Å². The minimum Gasteiger partial charge on any atom is -0.506 e. The van der Waals surface area contributed by atoms with Gasteiger partial charge in [0.1, 0.15) is 22.3 Å². The Hall–Kier alpha value is -3.59. The molecule has 154 valence electrons. The van der Waals surface area contributed by atoms with Crippen LogP contribution in [0.25, 0.3) is 22.1 Å². The minimum atomic E-state index is -0.869. The van der Waals surface area contributed by atoms with Gasteiger partial charge < -0.3 is 38.7 Å². The molecule has 29 heavy (non-hydrogen) atoms. The maximum atomic E-state index is 12.7. The van der Waals surface area contributed by atoms with E-state index >= 15 is 0 Å². The van der Waals surface area contributed by atoms with Crippen LogP contribution in [0.2, 0.25) is 0 Å². The highest BCUT2D eigenvalue weighted by molar-refractivity contribution is 5.98. The first-order chi connectivity index (χ1) is 13.9. The summed E-state index contributed by atoms with van der Waals surface area (Å²) >= 11 is 0. The second-order valence-electron chi connectivity index (χ2n) is 5.97. The summed E-state index contributed by atoms with van der Waals surface area (Å²) < 4.78 is 26.4. The van der Waals surface area contributed by atoms with Crippen LogP contribution in [-0.2, 0) is 6.61 Å². The summed E-state index contributed by atoms with van der Waals surface area (Å²) in [5.74, 6) is -0.0840. The molecule has 0 radical (unpaired) electrons. The number of fused-ring (bicyclic) bond motifs is 1. The van der Waals surface area contributed by atoms with Crippen LogP contribution in [0.15, 0.2) is 27.4 Å². The van der Waals surface area contributed by atoms with Crippen LogP contribution in [0, 0.1) is 0 Å². The molecule has 0 spiro atoms. The summed E-state index contributed by atoms with van der Waals surface area (Å²) in [5.41, 5.74) is -0.768. The van der Waals surface area contributed by atoms with Gasteiger partial charge in [-0.1, -0.05) is 0 Å². The number of phenolic OH excluding ortho intramolecular Hbond substituents is 1. The zero-order chi connectivity index (χ0) is 21.3. The molecule has 3 rings (SSSR count). The summed E-state index contributed by atoms with van der Waals surface area (Å²) in [7, 11) is 5.51. The fraction of sp³-hybridized carbons (Fsp3) is 0.250. The van der Waals surface area contributed by atoms with Crippen LogP contribution in [0.3, 0.4) is 0 Å². The molecule has 0 saturated carbocycles. The molecule has 3 N–H and O–H groups in total. The average Bonchev–Trinajstić information content (AvgIpc) is 2.72. The number of aliphatic hydroxyl groups excluding tert-OH is 1. The average molecular weight is 404 g/mol. The summed E-state index contributed by atoms with van der Waals surface area (Å²) in [4.78, 5) is 12.7. The van der Waals surface area contributed by atoms with Gasteiger partial charge in [-0.05, 0) is 17.7 Å². The highest BCUT2D eigenvalue weighted by Gasteiger charge is 2.26. The maximum absolute atomic E-state index is 12.7. The third kappa shape index (κ3) is 3.15. The van der Waals surface area contributed by atoms with Crippen molar-refractivity contribution in [3.05, 3.63) is 34.2 Å². The van der Waals surface area contributed by atoms with Gasteiger partial charge in [0, 0.05) is 11.6 Å². The molecule has 9 heteroatoms. The molecule has 0 amide bonds. The molecule has 0 bridgehead atoms. The number of aromatic hydroxyl groups is 2. The number of phenols is 1.